The van der Waals surface area contributed by atoms with Crippen LogP contribution in [0.3, 0.4) is 0 Å². The van der Waals surface area contributed by atoms with Crippen molar-refractivity contribution in [3.63, 3.8) is 0 Å². The van der Waals surface area contributed by atoms with Crippen molar-refractivity contribution in [3.8, 4) is 0 Å². The number of aliphatic hydroxyl groups is 2. The molecule has 0 radical (unpaired) electrons. The van der Waals surface area contributed by atoms with E-state index in [0.29, 0.717) is 0 Å². The molecular weight excluding hydrogens is 177 g/mol. The van der Waals surface area contributed by atoms with E-state index in [4.69, 9.17) is 0 Å². The third kappa shape index (κ3) is 2.70. The number of aliphatic hydroxyl groups excluding tert-OH is 2. The summed E-state index contributed by atoms with van der Waals surface area (Å²) in [5.74, 6) is 0. The van der Waals surface area contributed by atoms with E-state index in [0.717, 1.165) is 6.42 Å². The smallest absolute Gasteiger partial charge is 0.157 e. The fourth-order valence-electron chi connectivity index (χ4n) is 1.75. The summed E-state index contributed by atoms with van der Waals surface area (Å²) in [7, 11) is 1.66. The second kappa shape index (κ2) is 4.78. The van der Waals surface area contributed by atoms with Gasteiger partial charge in [-0.1, -0.05) is 31.2 Å². The third-order valence-corrected chi connectivity index (χ3v) is 2.70. The molecule has 3 N–H and O–H groups in total. The number of hydrogen-bond donors (Lipinski definition) is 3. The van der Waals surface area contributed by atoms with Crippen LogP contribution in [0.1, 0.15) is 13.3 Å². The fourth-order valence-corrected chi connectivity index (χ4v) is 1.75. The van der Waals surface area contributed by atoms with Gasteiger partial charge in [0.15, 0.2) is 7.85 Å². The van der Waals surface area contributed by atoms with E-state index in [-0.39, 0.29) is 18.1 Å². The van der Waals surface area contributed by atoms with E-state index in [1.54, 1.807) is 7.85 Å². The molecule has 1 aliphatic carbocycles. The Kier molecular flexibility index (Phi) is 3.92. The van der Waals surface area contributed by atoms with Gasteiger partial charge in [0, 0.05) is 11.5 Å². The van der Waals surface area contributed by atoms with Crippen LogP contribution in [0.2, 0.25) is 0 Å². The van der Waals surface area contributed by atoms with Crippen LogP contribution in [0.5, 0.6) is 0 Å². The van der Waals surface area contributed by atoms with E-state index < -0.39 is 6.13 Å². The summed E-state index contributed by atoms with van der Waals surface area (Å²) >= 11 is 0. The third-order valence-electron chi connectivity index (χ3n) is 2.70. The van der Waals surface area contributed by atoms with Crippen LogP contribution in [0.4, 0.5) is 0 Å². The molecule has 1 rings (SSSR count). The molecule has 0 heterocycles. The van der Waals surface area contributed by atoms with Gasteiger partial charge in [-0.2, -0.15) is 0 Å². The Morgan fingerprint density at radius 1 is 1.57 bits per heavy atom. The Balaban J connectivity index is 2.67. The lowest BCUT2D eigenvalue weighted by Crippen LogP contribution is -2.50. The van der Waals surface area contributed by atoms with Gasteiger partial charge in [-0.05, 0) is 6.42 Å². The van der Waals surface area contributed by atoms with E-state index in [2.05, 4.69) is 24.4 Å². The highest BCUT2D eigenvalue weighted by atomic mass is 16.3. The predicted molar refractivity (Wildman–Crippen MR) is 59.6 cm³/mol. The standard InChI is InChI=1S/C10H18BNO2/c1-10(5-3-2-4-6-10)8(7-13)12-9(11)14/h2-5,8-9,12-14H,6-7,11H2,1H3/t8-,9?,10?/m0/s1. The van der Waals surface area contributed by atoms with Crippen LogP contribution in [0, 0.1) is 5.41 Å². The molecule has 78 valence electrons. The molecule has 4 heteroatoms. The van der Waals surface area contributed by atoms with Crippen LogP contribution < -0.4 is 5.32 Å². The van der Waals surface area contributed by atoms with Gasteiger partial charge in [0.05, 0.1) is 12.7 Å². The highest BCUT2D eigenvalue weighted by Gasteiger charge is 2.31. The first-order chi connectivity index (χ1) is 6.58. The highest BCUT2D eigenvalue weighted by molar-refractivity contribution is 6.10. The molecular formula is C10H18BNO2. The van der Waals surface area contributed by atoms with Crippen molar-refractivity contribution in [2.45, 2.75) is 25.5 Å². The molecule has 0 bridgehead atoms. The van der Waals surface area contributed by atoms with E-state index >= 15 is 0 Å². The van der Waals surface area contributed by atoms with Crippen molar-refractivity contribution < 1.29 is 10.2 Å². The minimum atomic E-state index is -0.594. The van der Waals surface area contributed by atoms with Gasteiger partial charge in [0.25, 0.3) is 0 Å². The summed E-state index contributed by atoms with van der Waals surface area (Å²) in [6, 6.07) is -0.108. The van der Waals surface area contributed by atoms with Crippen LogP contribution in [0.25, 0.3) is 0 Å². The average Bonchev–Trinajstić information content (AvgIpc) is 2.15. The zero-order chi connectivity index (χ0) is 10.6. The number of nitrogens with one attached hydrogen (secondary N) is 1. The molecule has 0 aromatic rings. The van der Waals surface area contributed by atoms with Gasteiger partial charge in [-0.25, -0.2) is 0 Å². The Labute approximate surface area is 85.9 Å². The molecule has 0 amide bonds. The maximum Gasteiger partial charge on any atom is 0.157 e. The van der Waals surface area contributed by atoms with Gasteiger partial charge >= 0.3 is 0 Å². The largest absolute Gasteiger partial charge is 0.395 e. The molecule has 0 aromatic heterocycles. The van der Waals surface area contributed by atoms with Crippen LogP contribution in [0.15, 0.2) is 24.3 Å². The second-order valence-electron chi connectivity index (χ2n) is 4.08. The zero-order valence-electron chi connectivity index (χ0n) is 8.77. The molecule has 3 atom stereocenters. The molecule has 0 aromatic carbocycles. The lowest BCUT2D eigenvalue weighted by Gasteiger charge is -2.36. The Bertz CT molecular complexity index is 240. The topological polar surface area (TPSA) is 52.5 Å². The Morgan fingerprint density at radius 3 is 2.71 bits per heavy atom. The molecule has 0 aliphatic heterocycles. The first kappa shape index (κ1) is 11.5. The lowest BCUT2D eigenvalue weighted by molar-refractivity contribution is 0.112. The van der Waals surface area contributed by atoms with Crippen molar-refractivity contribution in [2.75, 3.05) is 6.61 Å². The molecule has 14 heavy (non-hydrogen) atoms. The maximum absolute atomic E-state index is 9.26. The first-order valence-electron chi connectivity index (χ1n) is 4.98. The van der Waals surface area contributed by atoms with Crippen LogP contribution in [-0.4, -0.2) is 36.8 Å². The van der Waals surface area contributed by atoms with Crippen molar-refractivity contribution in [1.82, 2.24) is 5.32 Å². The molecule has 0 fully saturated rings. The van der Waals surface area contributed by atoms with Gasteiger partial charge < -0.3 is 10.2 Å². The van der Waals surface area contributed by atoms with Crippen LogP contribution >= 0.6 is 0 Å². The average molecular weight is 195 g/mol. The SMILES string of the molecule is BC(O)N[C@@H](CO)C1(C)C=CC=CC1. The van der Waals surface area contributed by atoms with Gasteiger partial charge in [0.1, 0.15) is 0 Å². The van der Waals surface area contributed by atoms with Gasteiger partial charge in [-0.3, -0.25) is 5.32 Å². The maximum atomic E-state index is 9.26. The zero-order valence-corrected chi connectivity index (χ0v) is 8.77. The van der Waals surface area contributed by atoms with Crippen molar-refractivity contribution in [1.29, 1.82) is 0 Å². The summed E-state index contributed by atoms with van der Waals surface area (Å²) in [6.07, 6.45) is 8.42. The van der Waals surface area contributed by atoms with Crippen molar-refractivity contribution in [3.05, 3.63) is 24.3 Å². The van der Waals surface area contributed by atoms with E-state index in [1.165, 1.54) is 0 Å². The monoisotopic (exact) mass is 195 g/mol. The second-order valence-corrected chi connectivity index (χ2v) is 4.08. The lowest BCUT2D eigenvalue weighted by atomic mass is 9.77. The minimum Gasteiger partial charge on any atom is -0.395 e. The molecule has 2 unspecified atom stereocenters. The summed E-state index contributed by atoms with van der Waals surface area (Å²) in [4.78, 5) is 0. The first-order valence-corrected chi connectivity index (χ1v) is 4.98. The van der Waals surface area contributed by atoms with Gasteiger partial charge in [0.2, 0.25) is 0 Å². The molecule has 0 saturated carbocycles. The molecule has 0 saturated heterocycles. The minimum absolute atomic E-state index is 0.0274. The molecule has 0 spiro atoms. The number of allylic oxidation sites excluding steroid dienone is 3. The van der Waals surface area contributed by atoms with E-state index in [9.17, 15) is 10.2 Å². The van der Waals surface area contributed by atoms with Crippen molar-refractivity contribution >= 4 is 7.85 Å². The normalized spacial score (nSPS) is 30.2. The Morgan fingerprint density at radius 2 is 2.29 bits per heavy atom. The molecule has 3 nitrogen and oxygen atoms in total. The highest BCUT2D eigenvalue weighted by Crippen LogP contribution is 2.31. The van der Waals surface area contributed by atoms with E-state index in [1.807, 2.05) is 12.2 Å². The van der Waals surface area contributed by atoms with Crippen molar-refractivity contribution in [2.24, 2.45) is 5.41 Å². The number of hydrogen-bond acceptors (Lipinski definition) is 3. The summed E-state index contributed by atoms with van der Waals surface area (Å²) < 4.78 is 0. The summed E-state index contributed by atoms with van der Waals surface area (Å²) in [5, 5.41) is 21.5. The fraction of sp³-hybridized carbons (Fsp3) is 0.600. The quantitative estimate of drug-likeness (QED) is 0.413. The summed E-state index contributed by atoms with van der Waals surface area (Å²) in [5.41, 5.74) is -0.111. The molecule has 1 aliphatic rings. The summed E-state index contributed by atoms with van der Waals surface area (Å²) in [6.45, 7) is 2.10. The van der Waals surface area contributed by atoms with Gasteiger partial charge in [-0.15, -0.1) is 0 Å². The van der Waals surface area contributed by atoms with Crippen LogP contribution in [-0.2, 0) is 0 Å². The Hall–Kier alpha value is -0.575. The predicted octanol–water partition coefficient (Wildman–Crippen LogP) is -0.632. The number of rotatable bonds is 4.